The first kappa shape index (κ1) is 11.4. The van der Waals surface area contributed by atoms with Gasteiger partial charge >= 0.3 is 0 Å². The van der Waals surface area contributed by atoms with Crippen LogP contribution in [0.25, 0.3) is 0 Å². The zero-order valence-electron chi connectivity index (χ0n) is 9.44. The van der Waals surface area contributed by atoms with Gasteiger partial charge in [0.25, 0.3) is 0 Å². The van der Waals surface area contributed by atoms with Crippen molar-refractivity contribution in [1.82, 2.24) is 0 Å². The highest BCUT2D eigenvalue weighted by Crippen LogP contribution is 2.36. The Labute approximate surface area is 95.2 Å². The molecular formula is C12H18N2O2. The molecule has 0 radical (unpaired) electrons. The summed E-state index contributed by atoms with van der Waals surface area (Å²) in [6, 6.07) is 3.61. The molecule has 4 nitrogen and oxygen atoms in total. The van der Waals surface area contributed by atoms with Gasteiger partial charge in [-0.2, -0.15) is 0 Å². The summed E-state index contributed by atoms with van der Waals surface area (Å²) in [6.07, 6.45) is 0.466. The Balaban J connectivity index is 2.49. The second-order valence-electron chi connectivity index (χ2n) is 4.22. The van der Waals surface area contributed by atoms with Crippen molar-refractivity contribution >= 4 is 0 Å². The Bertz CT molecular complexity index is 393. The number of phenols is 1. The monoisotopic (exact) mass is 222 g/mol. The van der Waals surface area contributed by atoms with Crippen LogP contribution >= 0.6 is 0 Å². The van der Waals surface area contributed by atoms with E-state index in [-0.39, 0.29) is 12.2 Å². The number of hydrogen-bond acceptors (Lipinski definition) is 4. The molecule has 0 saturated carbocycles. The third-order valence-corrected chi connectivity index (χ3v) is 3.14. The van der Waals surface area contributed by atoms with Crippen molar-refractivity contribution in [1.29, 1.82) is 0 Å². The van der Waals surface area contributed by atoms with Crippen LogP contribution < -0.4 is 11.5 Å². The molecule has 2 rings (SSSR count). The van der Waals surface area contributed by atoms with Gasteiger partial charge in [-0.3, -0.25) is 0 Å². The Hall–Kier alpha value is -1.10. The quantitative estimate of drug-likeness (QED) is 0.684. The number of phenolic OH excluding ortho intramolecular Hbond substituents is 1. The Morgan fingerprint density at radius 1 is 1.38 bits per heavy atom. The minimum atomic E-state index is -0.149. The first-order valence-corrected chi connectivity index (χ1v) is 5.54. The highest BCUT2D eigenvalue weighted by molar-refractivity contribution is 5.46. The van der Waals surface area contributed by atoms with Gasteiger partial charge in [0.15, 0.2) is 0 Å². The van der Waals surface area contributed by atoms with Crippen molar-refractivity contribution in [3.8, 4) is 5.75 Å². The second-order valence-corrected chi connectivity index (χ2v) is 4.22. The van der Waals surface area contributed by atoms with Crippen LogP contribution in [0.1, 0.15) is 22.8 Å². The van der Waals surface area contributed by atoms with E-state index in [1.165, 1.54) is 0 Å². The molecule has 88 valence electrons. The van der Waals surface area contributed by atoms with E-state index in [1.54, 1.807) is 6.07 Å². The number of hydrogen-bond donors (Lipinski definition) is 3. The standard InChI is InChI=1S/C12H18N2O2/c1-7-2-3-10(15)9-4-8(5-13)16-11(6-14)12(7)9/h2-3,8,11,15H,4-6,13-14H2,1H3/t8-,11-/m0/s1. The molecule has 0 aromatic heterocycles. The van der Waals surface area contributed by atoms with Crippen LogP contribution in [0.5, 0.6) is 5.75 Å². The second kappa shape index (κ2) is 4.41. The fourth-order valence-corrected chi connectivity index (χ4v) is 2.32. The summed E-state index contributed by atoms with van der Waals surface area (Å²) in [5.74, 6) is 0.320. The molecule has 1 heterocycles. The van der Waals surface area contributed by atoms with Gasteiger partial charge < -0.3 is 21.3 Å². The van der Waals surface area contributed by atoms with Gasteiger partial charge in [-0.1, -0.05) is 6.07 Å². The molecule has 0 saturated heterocycles. The maximum Gasteiger partial charge on any atom is 0.119 e. The first-order valence-electron chi connectivity index (χ1n) is 5.54. The van der Waals surface area contributed by atoms with Crippen LogP contribution in [0.4, 0.5) is 0 Å². The van der Waals surface area contributed by atoms with Crippen molar-refractivity contribution < 1.29 is 9.84 Å². The molecule has 1 aliphatic rings. The summed E-state index contributed by atoms with van der Waals surface area (Å²) in [7, 11) is 0. The predicted molar refractivity (Wildman–Crippen MR) is 62.3 cm³/mol. The van der Waals surface area contributed by atoms with Crippen molar-refractivity contribution in [3.63, 3.8) is 0 Å². The molecule has 1 aromatic rings. The van der Waals surface area contributed by atoms with Crippen molar-refractivity contribution in [2.24, 2.45) is 11.5 Å². The molecule has 0 amide bonds. The van der Waals surface area contributed by atoms with Crippen LogP contribution in [-0.4, -0.2) is 24.3 Å². The van der Waals surface area contributed by atoms with Gasteiger partial charge in [0, 0.05) is 25.1 Å². The smallest absolute Gasteiger partial charge is 0.119 e. The fraction of sp³-hybridized carbons (Fsp3) is 0.500. The molecular weight excluding hydrogens is 204 g/mol. The Morgan fingerprint density at radius 3 is 2.75 bits per heavy atom. The molecule has 0 unspecified atom stereocenters. The Morgan fingerprint density at radius 2 is 2.12 bits per heavy atom. The minimum Gasteiger partial charge on any atom is -0.508 e. The van der Waals surface area contributed by atoms with E-state index < -0.39 is 0 Å². The maximum absolute atomic E-state index is 9.87. The fourth-order valence-electron chi connectivity index (χ4n) is 2.32. The van der Waals surface area contributed by atoms with E-state index in [4.69, 9.17) is 16.2 Å². The van der Waals surface area contributed by atoms with Crippen molar-refractivity contribution in [2.75, 3.05) is 13.1 Å². The van der Waals surface area contributed by atoms with Gasteiger partial charge in [-0.25, -0.2) is 0 Å². The van der Waals surface area contributed by atoms with Gasteiger partial charge in [0.1, 0.15) is 5.75 Å². The summed E-state index contributed by atoms with van der Waals surface area (Å²) in [5.41, 5.74) is 14.4. The predicted octanol–water partition coefficient (Wildman–Crippen LogP) is 0.600. The minimum absolute atomic E-state index is 0.0475. The lowest BCUT2D eigenvalue weighted by Crippen LogP contribution is -2.35. The molecule has 0 aliphatic carbocycles. The van der Waals surface area contributed by atoms with Crippen molar-refractivity contribution in [3.05, 3.63) is 28.8 Å². The molecule has 0 fully saturated rings. The topological polar surface area (TPSA) is 81.5 Å². The van der Waals surface area contributed by atoms with Crippen LogP contribution in [0.2, 0.25) is 0 Å². The van der Waals surface area contributed by atoms with Gasteiger partial charge in [-0.05, 0) is 24.1 Å². The number of rotatable bonds is 2. The molecule has 4 heteroatoms. The molecule has 2 atom stereocenters. The Kier molecular flexibility index (Phi) is 3.14. The van der Waals surface area contributed by atoms with E-state index in [9.17, 15) is 5.11 Å². The van der Waals surface area contributed by atoms with E-state index in [0.29, 0.717) is 25.3 Å². The average molecular weight is 222 g/mol. The largest absolute Gasteiger partial charge is 0.508 e. The lowest BCUT2D eigenvalue weighted by Gasteiger charge is -2.32. The van der Waals surface area contributed by atoms with Crippen LogP contribution in [0.3, 0.4) is 0 Å². The number of ether oxygens (including phenoxy) is 1. The number of fused-ring (bicyclic) bond motifs is 1. The summed E-state index contributed by atoms with van der Waals surface area (Å²) in [4.78, 5) is 0. The van der Waals surface area contributed by atoms with Gasteiger partial charge in [0.05, 0.1) is 12.2 Å². The molecule has 1 aliphatic heterocycles. The van der Waals surface area contributed by atoms with Crippen molar-refractivity contribution in [2.45, 2.75) is 25.6 Å². The molecule has 1 aromatic carbocycles. The lowest BCUT2D eigenvalue weighted by atomic mass is 9.90. The highest BCUT2D eigenvalue weighted by atomic mass is 16.5. The van der Waals surface area contributed by atoms with E-state index >= 15 is 0 Å². The SMILES string of the molecule is Cc1ccc(O)c2c1[C@H](CN)O[C@H](CN)C2. The molecule has 5 N–H and O–H groups in total. The highest BCUT2D eigenvalue weighted by Gasteiger charge is 2.29. The number of aryl methyl sites for hydroxylation is 1. The summed E-state index contributed by atoms with van der Waals surface area (Å²) >= 11 is 0. The van der Waals surface area contributed by atoms with E-state index in [0.717, 1.165) is 16.7 Å². The van der Waals surface area contributed by atoms with Gasteiger partial charge in [0.2, 0.25) is 0 Å². The third kappa shape index (κ3) is 1.80. The van der Waals surface area contributed by atoms with Crippen LogP contribution in [0.15, 0.2) is 12.1 Å². The molecule has 16 heavy (non-hydrogen) atoms. The van der Waals surface area contributed by atoms with Crippen LogP contribution in [0, 0.1) is 6.92 Å². The zero-order valence-corrected chi connectivity index (χ0v) is 9.44. The maximum atomic E-state index is 9.87. The number of benzene rings is 1. The normalized spacial score (nSPS) is 24.2. The van der Waals surface area contributed by atoms with E-state index in [2.05, 4.69) is 0 Å². The third-order valence-electron chi connectivity index (χ3n) is 3.14. The molecule has 0 spiro atoms. The first-order chi connectivity index (χ1) is 7.67. The summed E-state index contributed by atoms with van der Waals surface area (Å²) in [6.45, 7) is 2.87. The summed E-state index contributed by atoms with van der Waals surface area (Å²) in [5, 5.41) is 9.87. The average Bonchev–Trinajstić information content (AvgIpc) is 2.32. The lowest BCUT2D eigenvalue weighted by molar-refractivity contribution is -0.0163. The van der Waals surface area contributed by atoms with Gasteiger partial charge in [-0.15, -0.1) is 0 Å². The van der Waals surface area contributed by atoms with E-state index in [1.807, 2.05) is 13.0 Å². The molecule has 0 bridgehead atoms. The summed E-state index contributed by atoms with van der Waals surface area (Å²) < 4.78 is 5.79. The van der Waals surface area contributed by atoms with Crippen LogP contribution in [-0.2, 0) is 11.2 Å². The number of aromatic hydroxyl groups is 1. The number of nitrogens with two attached hydrogens (primary N) is 2. The zero-order chi connectivity index (χ0) is 11.7.